The highest BCUT2D eigenvalue weighted by Gasteiger charge is 2.70. The van der Waals surface area contributed by atoms with Crippen molar-refractivity contribution in [1.82, 2.24) is 0 Å². The standard InChI is InChI=1S/C42H50N4O7/c1-25-36-34(52-42(25)19-18-39(2,24-50-42)53-38(48)27-14-10-7-11-15-27)21-31-29-17-16-28-20-32(45-49-5)33(44-46-43)23-40(28,3)30(29)22-35(41(31,36)4)51-37(47)26-12-8-6-9-13-26/h6-15,21,25,28-30,33-36H,16-20,22-24H2,1-5H3/b45-32+/t25-,28-,29+,30-,33+,34-,35-,36-,39-,40-,41+,42+/m0/s1. The summed E-state index contributed by atoms with van der Waals surface area (Å²) in [4.78, 5) is 35.3. The number of rotatable bonds is 6. The molecule has 1 spiro atoms. The van der Waals surface area contributed by atoms with Crippen molar-refractivity contribution in [2.75, 3.05) is 13.7 Å². The minimum absolute atomic E-state index is 0.0107. The van der Waals surface area contributed by atoms with E-state index in [0.717, 1.165) is 18.6 Å². The summed E-state index contributed by atoms with van der Waals surface area (Å²) in [6.07, 6.45) is 6.99. The van der Waals surface area contributed by atoms with Crippen LogP contribution in [0.1, 0.15) is 93.4 Å². The second kappa shape index (κ2) is 13.3. The van der Waals surface area contributed by atoms with Crippen LogP contribution in [-0.4, -0.2) is 61.0 Å². The first-order chi connectivity index (χ1) is 25.4. The molecule has 0 radical (unpaired) electrons. The van der Waals surface area contributed by atoms with Gasteiger partial charge in [0.15, 0.2) is 5.79 Å². The van der Waals surface area contributed by atoms with Crippen LogP contribution in [0.5, 0.6) is 0 Å². The molecule has 2 aromatic carbocycles. The average Bonchev–Trinajstić information content (AvgIpc) is 3.61. The topological polar surface area (TPSA) is 141 Å². The van der Waals surface area contributed by atoms with E-state index >= 15 is 0 Å². The summed E-state index contributed by atoms with van der Waals surface area (Å²) in [6, 6.07) is 17.9. The van der Waals surface area contributed by atoms with E-state index in [4.69, 9.17) is 23.8 Å². The van der Waals surface area contributed by atoms with E-state index in [9.17, 15) is 15.1 Å². The van der Waals surface area contributed by atoms with Gasteiger partial charge in [0.25, 0.3) is 0 Å². The lowest BCUT2D eigenvalue weighted by Gasteiger charge is -2.61. The van der Waals surface area contributed by atoms with Crippen molar-refractivity contribution in [3.05, 3.63) is 93.9 Å². The predicted molar refractivity (Wildman–Crippen MR) is 197 cm³/mol. The highest BCUT2D eigenvalue weighted by molar-refractivity contribution is 5.91. The Balaban J connectivity index is 1.10. The molecule has 5 fully saturated rings. The molecule has 53 heavy (non-hydrogen) atoms. The molecule has 0 amide bonds. The zero-order chi connectivity index (χ0) is 37.2. The van der Waals surface area contributed by atoms with Crippen LogP contribution in [0, 0.1) is 40.4 Å². The molecule has 0 unspecified atom stereocenters. The number of oxime groups is 1. The van der Waals surface area contributed by atoms with Gasteiger partial charge in [-0.05, 0) is 98.4 Å². The molecule has 280 valence electrons. The van der Waals surface area contributed by atoms with Crippen LogP contribution in [0.4, 0.5) is 0 Å². The third-order valence-corrected chi connectivity index (χ3v) is 14.3. The van der Waals surface area contributed by atoms with E-state index in [1.807, 2.05) is 43.3 Å². The smallest absolute Gasteiger partial charge is 0.338 e. The Labute approximate surface area is 311 Å². The third kappa shape index (κ3) is 5.78. The first-order valence-electron chi connectivity index (χ1n) is 19.2. The van der Waals surface area contributed by atoms with Gasteiger partial charge in [0.1, 0.15) is 18.8 Å². The van der Waals surface area contributed by atoms with Crippen molar-refractivity contribution in [2.24, 2.45) is 50.7 Å². The molecule has 3 saturated carbocycles. The van der Waals surface area contributed by atoms with Gasteiger partial charge in [-0.25, -0.2) is 9.59 Å². The molecule has 2 saturated heterocycles. The molecule has 2 aromatic rings. The van der Waals surface area contributed by atoms with Gasteiger partial charge < -0.3 is 23.8 Å². The zero-order valence-corrected chi connectivity index (χ0v) is 31.3. The molecule has 11 heteroatoms. The number of hydrogen-bond donors (Lipinski definition) is 0. The Kier molecular flexibility index (Phi) is 8.98. The van der Waals surface area contributed by atoms with Gasteiger partial charge in [-0.3, -0.25) is 0 Å². The van der Waals surface area contributed by atoms with E-state index in [0.29, 0.717) is 49.1 Å². The Hall–Kier alpha value is -4.18. The van der Waals surface area contributed by atoms with Crippen molar-refractivity contribution in [2.45, 2.75) is 102 Å². The molecule has 11 nitrogen and oxygen atoms in total. The second-order valence-corrected chi connectivity index (χ2v) is 17.0. The van der Waals surface area contributed by atoms with Crippen LogP contribution in [0.2, 0.25) is 0 Å². The SMILES string of the molecule is CO/N=C1\C[C@@H]2CC[C@H]3C4=C[C@@H]5O[C@]6(CC[C@](C)(OC(=O)c7ccccc7)CO6)[C@@H](C)[C@@H]5[C@@]4(C)[C@@H](OC(=O)c4ccccc4)C[C@@H]3[C@@]2(C)C[C@H]1N=[N+]=[N-]. The highest BCUT2D eigenvalue weighted by atomic mass is 16.7. The van der Waals surface area contributed by atoms with Crippen LogP contribution < -0.4 is 0 Å². The number of esters is 2. The lowest BCUT2D eigenvalue weighted by atomic mass is 9.44. The van der Waals surface area contributed by atoms with Gasteiger partial charge in [-0.15, -0.1) is 0 Å². The van der Waals surface area contributed by atoms with E-state index in [-0.39, 0.29) is 59.8 Å². The third-order valence-electron chi connectivity index (χ3n) is 14.3. The number of hydrogen-bond acceptors (Lipinski definition) is 9. The summed E-state index contributed by atoms with van der Waals surface area (Å²) in [6.45, 7) is 9.00. The molecule has 0 aromatic heterocycles. The van der Waals surface area contributed by atoms with Crippen LogP contribution in [0.3, 0.4) is 0 Å². The summed E-state index contributed by atoms with van der Waals surface area (Å²) in [5, 5.41) is 8.50. The molecular formula is C42H50N4O7. The van der Waals surface area contributed by atoms with Crippen molar-refractivity contribution < 1.29 is 33.4 Å². The van der Waals surface area contributed by atoms with E-state index in [1.54, 1.807) is 24.3 Å². The molecule has 0 N–H and O–H groups in total. The lowest BCUT2D eigenvalue weighted by Crippen LogP contribution is -2.59. The van der Waals surface area contributed by atoms with Crippen molar-refractivity contribution in [3.63, 3.8) is 0 Å². The number of fused-ring (bicyclic) bond motifs is 7. The molecular weight excluding hydrogens is 672 g/mol. The van der Waals surface area contributed by atoms with Gasteiger partial charge in [0.05, 0.1) is 35.6 Å². The summed E-state index contributed by atoms with van der Waals surface area (Å²) >= 11 is 0. The van der Waals surface area contributed by atoms with Gasteiger partial charge >= 0.3 is 11.9 Å². The number of ether oxygens (including phenoxy) is 4. The zero-order valence-electron chi connectivity index (χ0n) is 31.3. The second-order valence-electron chi connectivity index (χ2n) is 17.0. The highest BCUT2D eigenvalue weighted by Crippen LogP contribution is 2.70. The monoisotopic (exact) mass is 722 g/mol. The first kappa shape index (κ1) is 35.8. The summed E-state index contributed by atoms with van der Waals surface area (Å²) in [7, 11) is 1.53. The summed E-state index contributed by atoms with van der Waals surface area (Å²) < 4.78 is 26.5. The molecule has 4 aliphatic carbocycles. The Morgan fingerprint density at radius 2 is 1.66 bits per heavy atom. The average molecular weight is 723 g/mol. The van der Waals surface area contributed by atoms with Crippen LogP contribution in [-0.2, 0) is 23.8 Å². The molecule has 6 aliphatic rings. The van der Waals surface area contributed by atoms with E-state index < -0.39 is 22.9 Å². The number of carbonyl (C=O) groups excluding carboxylic acids is 2. The number of azide groups is 1. The van der Waals surface area contributed by atoms with Crippen LogP contribution >= 0.6 is 0 Å². The molecule has 8 rings (SSSR count). The molecule has 2 aliphatic heterocycles. The Bertz CT molecular complexity index is 1850. The summed E-state index contributed by atoms with van der Waals surface area (Å²) in [5.41, 5.74) is 11.2. The van der Waals surface area contributed by atoms with E-state index in [1.165, 1.54) is 12.7 Å². The van der Waals surface area contributed by atoms with Crippen molar-refractivity contribution in [3.8, 4) is 0 Å². The first-order valence-corrected chi connectivity index (χ1v) is 19.2. The van der Waals surface area contributed by atoms with E-state index in [2.05, 4.69) is 42.0 Å². The van der Waals surface area contributed by atoms with Crippen LogP contribution in [0.15, 0.2) is 82.6 Å². The quantitative estimate of drug-likeness (QED) is 0.0727. The fourth-order valence-corrected chi connectivity index (χ4v) is 11.5. The van der Waals surface area contributed by atoms with Gasteiger partial charge in [0, 0.05) is 28.6 Å². The van der Waals surface area contributed by atoms with Gasteiger partial charge in [-0.2, -0.15) is 0 Å². The van der Waals surface area contributed by atoms with Crippen molar-refractivity contribution in [1.29, 1.82) is 0 Å². The molecule has 0 bridgehead atoms. The number of benzene rings is 2. The maximum Gasteiger partial charge on any atom is 0.338 e. The van der Waals surface area contributed by atoms with Crippen LogP contribution in [0.25, 0.3) is 10.4 Å². The number of carbonyl (C=O) groups is 2. The van der Waals surface area contributed by atoms with Gasteiger partial charge in [0.2, 0.25) is 0 Å². The Morgan fingerprint density at radius 3 is 2.30 bits per heavy atom. The predicted octanol–water partition coefficient (Wildman–Crippen LogP) is 8.46. The minimum Gasteiger partial charge on any atom is -0.458 e. The Morgan fingerprint density at radius 1 is 0.962 bits per heavy atom. The molecule has 12 atom stereocenters. The number of nitrogens with zero attached hydrogens (tertiary/aromatic N) is 4. The molecule has 2 heterocycles. The minimum atomic E-state index is -0.851. The lowest BCUT2D eigenvalue weighted by molar-refractivity contribution is -0.287. The van der Waals surface area contributed by atoms with Crippen molar-refractivity contribution >= 4 is 17.7 Å². The fourth-order valence-electron chi connectivity index (χ4n) is 11.5. The summed E-state index contributed by atoms with van der Waals surface area (Å²) in [5.74, 6) is -0.759. The maximum absolute atomic E-state index is 13.9. The fraction of sp³-hybridized carbons (Fsp3) is 0.595. The maximum atomic E-state index is 13.9. The normalized spacial score (nSPS) is 41.9. The van der Waals surface area contributed by atoms with Gasteiger partial charge in [-0.1, -0.05) is 79.1 Å². The largest absolute Gasteiger partial charge is 0.458 e.